The number of carbonyl (C=O) groups excluding carboxylic acids is 3. The molecule has 0 aromatic rings. The molecule has 0 aliphatic rings. The zero-order valence-corrected chi connectivity index (χ0v) is 42.7. The van der Waals surface area contributed by atoms with Gasteiger partial charge in [0.15, 0.2) is 6.10 Å². The van der Waals surface area contributed by atoms with Crippen LogP contribution in [0, 0.1) is 17.8 Å². The predicted molar refractivity (Wildman–Crippen MR) is 266 cm³/mol. The van der Waals surface area contributed by atoms with Crippen LogP contribution in [0.2, 0.25) is 0 Å². The maximum absolute atomic E-state index is 12.7. The second kappa shape index (κ2) is 47.4. The molecule has 0 radical (unpaired) electrons. The van der Waals surface area contributed by atoms with Crippen molar-refractivity contribution in [1.82, 2.24) is 0 Å². The number of carbonyl (C=O) groups is 3. The number of rotatable bonds is 49. The van der Waals surface area contributed by atoms with E-state index in [4.69, 9.17) is 14.2 Å². The van der Waals surface area contributed by atoms with Crippen LogP contribution in [0.5, 0.6) is 0 Å². The molecule has 0 aliphatic carbocycles. The summed E-state index contributed by atoms with van der Waals surface area (Å²) in [5, 5.41) is 0. The molecule has 62 heavy (non-hydrogen) atoms. The molecule has 0 saturated carbocycles. The summed E-state index contributed by atoms with van der Waals surface area (Å²) in [7, 11) is 0. The Kier molecular flexibility index (Phi) is 46.2. The molecule has 0 rings (SSSR count). The summed E-state index contributed by atoms with van der Waals surface area (Å²) in [4.78, 5) is 38.0. The Hall–Kier alpha value is -1.59. The summed E-state index contributed by atoms with van der Waals surface area (Å²) in [5.41, 5.74) is 0. The van der Waals surface area contributed by atoms with Gasteiger partial charge in [-0.15, -0.1) is 0 Å². The van der Waals surface area contributed by atoms with Crippen LogP contribution in [0.1, 0.15) is 305 Å². The summed E-state index contributed by atoms with van der Waals surface area (Å²) in [6.45, 7) is 13.7. The quantitative estimate of drug-likeness (QED) is 0.0344. The van der Waals surface area contributed by atoms with Gasteiger partial charge < -0.3 is 14.2 Å². The first-order chi connectivity index (χ1) is 30.1. The first kappa shape index (κ1) is 60.4. The summed E-state index contributed by atoms with van der Waals surface area (Å²) < 4.78 is 16.8. The Labute approximate surface area is 387 Å². The van der Waals surface area contributed by atoms with Crippen LogP contribution in [0.4, 0.5) is 0 Å². The molecule has 1 atom stereocenters. The molecule has 0 spiro atoms. The third-order valence-corrected chi connectivity index (χ3v) is 12.6. The van der Waals surface area contributed by atoms with Crippen molar-refractivity contribution < 1.29 is 28.6 Å². The van der Waals surface area contributed by atoms with E-state index in [0.29, 0.717) is 19.3 Å². The summed E-state index contributed by atoms with van der Waals surface area (Å²) >= 11 is 0. The van der Waals surface area contributed by atoms with Gasteiger partial charge in [-0.1, -0.05) is 266 Å². The van der Waals surface area contributed by atoms with Crippen molar-refractivity contribution in [3.63, 3.8) is 0 Å². The first-order valence-corrected chi connectivity index (χ1v) is 27.6. The minimum Gasteiger partial charge on any atom is -0.462 e. The second-order valence-electron chi connectivity index (χ2n) is 20.6. The summed E-state index contributed by atoms with van der Waals surface area (Å²) in [5.74, 6) is 1.60. The fourth-order valence-electron chi connectivity index (χ4n) is 8.47. The number of hydrogen-bond acceptors (Lipinski definition) is 6. The average Bonchev–Trinajstić information content (AvgIpc) is 3.23. The molecular formula is C56H108O6. The molecule has 0 aromatic carbocycles. The molecule has 0 heterocycles. The normalized spacial score (nSPS) is 12.1. The highest BCUT2D eigenvalue weighted by molar-refractivity contribution is 5.71. The van der Waals surface area contributed by atoms with Crippen LogP contribution in [0.3, 0.4) is 0 Å². The van der Waals surface area contributed by atoms with Gasteiger partial charge in [0.2, 0.25) is 0 Å². The van der Waals surface area contributed by atoms with Crippen molar-refractivity contribution in [2.75, 3.05) is 13.2 Å². The highest BCUT2D eigenvalue weighted by atomic mass is 16.6. The maximum Gasteiger partial charge on any atom is 0.306 e. The van der Waals surface area contributed by atoms with E-state index in [1.54, 1.807) is 0 Å². The van der Waals surface area contributed by atoms with Crippen molar-refractivity contribution in [1.29, 1.82) is 0 Å². The average molecular weight is 877 g/mol. The van der Waals surface area contributed by atoms with E-state index in [9.17, 15) is 14.4 Å². The van der Waals surface area contributed by atoms with Gasteiger partial charge in [0, 0.05) is 19.3 Å². The van der Waals surface area contributed by atoms with E-state index in [0.717, 1.165) is 75.5 Å². The molecule has 6 nitrogen and oxygen atoms in total. The van der Waals surface area contributed by atoms with E-state index in [1.807, 2.05) is 0 Å². The van der Waals surface area contributed by atoms with Gasteiger partial charge in [0.25, 0.3) is 0 Å². The molecule has 0 unspecified atom stereocenters. The molecule has 368 valence electrons. The highest BCUT2D eigenvalue weighted by Crippen LogP contribution is 2.18. The van der Waals surface area contributed by atoms with E-state index in [-0.39, 0.29) is 31.1 Å². The fraction of sp³-hybridized carbons (Fsp3) is 0.946. The zero-order chi connectivity index (χ0) is 45.6. The molecular weight excluding hydrogens is 769 g/mol. The molecule has 0 N–H and O–H groups in total. The minimum atomic E-state index is -0.763. The van der Waals surface area contributed by atoms with Gasteiger partial charge in [0.1, 0.15) is 13.2 Å². The van der Waals surface area contributed by atoms with E-state index < -0.39 is 6.10 Å². The highest BCUT2D eigenvalue weighted by Gasteiger charge is 2.19. The van der Waals surface area contributed by atoms with Gasteiger partial charge in [-0.25, -0.2) is 0 Å². The van der Waals surface area contributed by atoms with Crippen LogP contribution >= 0.6 is 0 Å². The molecule has 0 aromatic heterocycles. The number of hydrogen-bond donors (Lipinski definition) is 0. The predicted octanol–water partition coefficient (Wildman–Crippen LogP) is 17.9. The Morgan fingerprint density at radius 1 is 0.274 bits per heavy atom. The molecule has 0 saturated heterocycles. The standard InChI is InChI=1S/C56H108O6/c1-50(2)42-36-30-24-20-16-12-9-7-8-10-14-18-22-26-33-39-45-54(57)60-48-53(62-56(59)47-41-35-29-28-32-38-44-52(5)6)49-61-55(58)46-40-34-27-23-19-15-11-13-17-21-25-31-37-43-51(3)4/h50-53H,7-49H2,1-6H3/t53-/m0/s1. The number of esters is 3. The minimum absolute atomic E-state index is 0.0650. The molecule has 0 bridgehead atoms. The molecule has 0 fully saturated rings. The number of ether oxygens (including phenoxy) is 3. The van der Waals surface area contributed by atoms with Crippen molar-refractivity contribution >= 4 is 17.9 Å². The van der Waals surface area contributed by atoms with E-state index in [1.165, 1.54) is 186 Å². The van der Waals surface area contributed by atoms with Crippen molar-refractivity contribution in [2.24, 2.45) is 17.8 Å². The Balaban J connectivity index is 4.20. The van der Waals surface area contributed by atoms with Gasteiger partial charge in [-0.3, -0.25) is 14.4 Å². The van der Waals surface area contributed by atoms with Gasteiger partial charge in [-0.05, 0) is 37.0 Å². The van der Waals surface area contributed by atoms with Crippen LogP contribution in [-0.2, 0) is 28.6 Å². The topological polar surface area (TPSA) is 78.9 Å². The van der Waals surface area contributed by atoms with Crippen LogP contribution in [0.15, 0.2) is 0 Å². The van der Waals surface area contributed by atoms with E-state index >= 15 is 0 Å². The van der Waals surface area contributed by atoms with Crippen LogP contribution in [-0.4, -0.2) is 37.2 Å². The zero-order valence-electron chi connectivity index (χ0n) is 42.7. The SMILES string of the molecule is CC(C)CCCCCCCCCCCCCCCCCCC(=O)OC[C@@H](COC(=O)CCCCCCCCCCCCCCCC(C)C)OC(=O)CCCCCCCCC(C)C. The lowest BCUT2D eigenvalue weighted by molar-refractivity contribution is -0.167. The van der Waals surface area contributed by atoms with Crippen molar-refractivity contribution in [3.05, 3.63) is 0 Å². The third kappa shape index (κ3) is 49.4. The lowest BCUT2D eigenvalue weighted by Gasteiger charge is -2.18. The van der Waals surface area contributed by atoms with Crippen molar-refractivity contribution in [2.45, 2.75) is 311 Å². The smallest absolute Gasteiger partial charge is 0.306 e. The molecule has 6 heteroatoms. The van der Waals surface area contributed by atoms with Gasteiger partial charge in [-0.2, -0.15) is 0 Å². The van der Waals surface area contributed by atoms with Crippen LogP contribution < -0.4 is 0 Å². The van der Waals surface area contributed by atoms with Crippen LogP contribution in [0.25, 0.3) is 0 Å². The van der Waals surface area contributed by atoms with Gasteiger partial charge >= 0.3 is 17.9 Å². The molecule has 0 amide bonds. The Morgan fingerprint density at radius 2 is 0.468 bits per heavy atom. The fourth-order valence-corrected chi connectivity index (χ4v) is 8.47. The second-order valence-corrected chi connectivity index (χ2v) is 20.6. The summed E-state index contributed by atoms with van der Waals surface area (Å²) in [6.07, 6.45) is 48.3. The third-order valence-electron chi connectivity index (χ3n) is 12.6. The van der Waals surface area contributed by atoms with E-state index in [2.05, 4.69) is 41.5 Å². The lowest BCUT2D eigenvalue weighted by Crippen LogP contribution is -2.30. The summed E-state index contributed by atoms with van der Waals surface area (Å²) in [6, 6.07) is 0. The first-order valence-electron chi connectivity index (χ1n) is 27.6. The molecule has 0 aliphatic heterocycles. The Bertz CT molecular complexity index is 960. The van der Waals surface area contributed by atoms with Crippen molar-refractivity contribution in [3.8, 4) is 0 Å². The number of unbranched alkanes of at least 4 members (excludes halogenated alkanes) is 32. The largest absolute Gasteiger partial charge is 0.462 e. The monoisotopic (exact) mass is 877 g/mol. The Morgan fingerprint density at radius 3 is 0.694 bits per heavy atom. The lowest BCUT2D eigenvalue weighted by atomic mass is 10.0. The van der Waals surface area contributed by atoms with Gasteiger partial charge in [0.05, 0.1) is 0 Å². The maximum atomic E-state index is 12.7.